The summed E-state index contributed by atoms with van der Waals surface area (Å²) in [6.45, 7) is 8.34. The van der Waals surface area contributed by atoms with Gasteiger partial charge < -0.3 is 15.4 Å². The van der Waals surface area contributed by atoms with E-state index < -0.39 is 0 Å². The lowest BCUT2D eigenvalue weighted by molar-refractivity contribution is -0.118. The van der Waals surface area contributed by atoms with Crippen LogP contribution in [0.2, 0.25) is 0 Å². The molecule has 0 aliphatic carbocycles. The quantitative estimate of drug-likeness (QED) is 0.433. The van der Waals surface area contributed by atoms with Crippen molar-refractivity contribution in [1.29, 1.82) is 0 Å². The van der Waals surface area contributed by atoms with Crippen LogP contribution in [-0.2, 0) is 10.2 Å². The summed E-state index contributed by atoms with van der Waals surface area (Å²) in [6.07, 6.45) is 1.03. The molecule has 3 aromatic carbocycles. The van der Waals surface area contributed by atoms with E-state index >= 15 is 0 Å². The Hall–Kier alpha value is -3.60. The van der Waals surface area contributed by atoms with Crippen molar-refractivity contribution in [2.24, 2.45) is 0 Å². The molecule has 0 saturated heterocycles. The number of amides is 2. The molecule has 5 nitrogen and oxygen atoms in total. The minimum atomic E-state index is -0.329. The fourth-order valence-electron chi connectivity index (χ4n) is 3.43. The molecule has 1 atom stereocenters. The van der Waals surface area contributed by atoms with Crippen molar-refractivity contribution in [1.82, 2.24) is 5.32 Å². The van der Waals surface area contributed by atoms with Crippen molar-refractivity contribution in [2.75, 3.05) is 11.9 Å². The first-order valence-electron chi connectivity index (χ1n) is 11.3. The van der Waals surface area contributed by atoms with Crippen LogP contribution < -0.4 is 15.4 Å². The third-order valence-corrected chi connectivity index (χ3v) is 5.98. The monoisotopic (exact) mass is 444 g/mol. The number of nitrogens with one attached hydrogen (secondary N) is 2. The zero-order valence-corrected chi connectivity index (χ0v) is 19.7. The van der Waals surface area contributed by atoms with Crippen LogP contribution in [0.3, 0.4) is 0 Å². The van der Waals surface area contributed by atoms with Gasteiger partial charge in [-0.2, -0.15) is 0 Å². The average molecular weight is 445 g/mol. The number of carbonyl (C=O) groups excluding carboxylic acids is 2. The standard InChI is InChI=1S/C28H32N2O3/c1-5-28(3,4)22-15-17-23(18-16-22)33-19-26(31)30-25-14-10-9-13-24(25)27(32)29-20(2)21-11-7-6-8-12-21/h6-18,20H,5,19H2,1-4H3,(H,29,32)(H,30,31). The number of hydrogen-bond donors (Lipinski definition) is 2. The van der Waals surface area contributed by atoms with E-state index in [1.54, 1.807) is 24.3 Å². The molecular formula is C28H32N2O3. The van der Waals surface area contributed by atoms with E-state index in [0.29, 0.717) is 17.0 Å². The third-order valence-electron chi connectivity index (χ3n) is 5.98. The van der Waals surface area contributed by atoms with Gasteiger partial charge in [0.1, 0.15) is 5.75 Å². The van der Waals surface area contributed by atoms with Gasteiger partial charge in [-0.15, -0.1) is 0 Å². The van der Waals surface area contributed by atoms with Crippen LogP contribution in [0.4, 0.5) is 5.69 Å². The maximum Gasteiger partial charge on any atom is 0.262 e. The van der Waals surface area contributed by atoms with Crippen LogP contribution in [0, 0.1) is 0 Å². The van der Waals surface area contributed by atoms with Crippen LogP contribution in [0.25, 0.3) is 0 Å². The summed E-state index contributed by atoms with van der Waals surface area (Å²) < 4.78 is 5.65. The predicted molar refractivity (Wildman–Crippen MR) is 133 cm³/mol. The highest BCUT2D eigenvalue weighted by molar-refractivity contribution is 6.04. The van der Waals surface area contributed by atoms with Crippen molar-refractivity contribution in [3.05, 3.63) is 95.6 Å². The molecule has 3 aromatic rings. The normalized spacial score (nSPS) is 12.0. The fourth-order valence-corrected chi connectivity index (χ4v) is 3.43. The van der Waals surface area contributed by atoms with Gasteiger partial charge in [0, 0.05) is 0 Å². The number of para-hydroxylation sites is 1. The number of anilines is 1. The Morgan fingerprint density at radius 1 is 0.909 bits per heavy atom. The largest absolute Gasteiger partial charge is 0.484 e. The van der Waals surface area contributed by atoms with Crippen LogP contribution in [0.5, 0.6) is 5.75 Å². The molecule has 2 N–H and O–H groups in total. The van der Waals surface area contributed by atoms with E-state index in [-0.39, 0.29) is 29.9 Å². The van der Waals surface area contributed by atoms with Crippen LogP contribution >= 0.6 is 0 Å². The number of rotatable bonds is 9. The number of ether oxygens (including phenoxy) is 1. The zero-order chi connectivity index (χ0) is 23.8. The molecule has 0 fully saturated rings. The smallest absolute Gasteiger partial charge is 0.262 e. The maximum absolute atomic E-state index is 12.9. The molecule has 1 unspecified atom stereocenters. The molecule has 0 spiro atoms. The molecule has 172 valence electrons. The average Bonchev–Trinajstić information content (AvgIpc) is 2.83. The topological polar surface area (TPSA) is 67.4 Å². The van der Waals surface area contributed by atoms with Crippen molar-refractivity contribution < 1.29 is 14.3 Å². The summed E-state index contributed by atoms with van der Waals surface area (Å²) in [5, 5.41) is 5.78. The molecule has 0 aliphatic heterocycles. The lowest BCUT2D eigenvalue weighted by atomic mass is 9.82. The number of hydrogen-bond acceptors (Lipinski definition) is 3. The highest BCUT2D eigenvalue weighted by atomic mass is 16.5. The molecule has 0 aliphatic rings. The first-order chi connectivity index (χ1) is 15.8. The minimum Gasteiger partial charge on any atom is -0.484 e. The van der Waals surface area contributed by atoms with Gasteiger partial charge in [0.2, 0.25) is 0 Å². The second kappa shape index (κ2) is 10.8. The van der Waals surface area contributed by atoms with E-state index in [9.17, 15) is 9.59 Å². The zero-order valence-electron chi connectivity index (χ0n) is 19.7. The van der Waals surface area contributed by atoms with Crippen LogP contribution in [0.15, 0.2) is 78.9 Å². The summed E-state index contributed by atoms with van der Waals surface area (Å²) >= 11 is 0. The summed E-state index contributed by atoms with van der Waals surface area (Å²) in [5.74, 6) is 0.0464. The number of carbonyl (C=O) groups is 2. The molecule has 3 rings (SSSR count). The highest BCUT2D eigenvalue weighted by Gasteiger charge is 2.18. The Labute approximate surface area is 196 Å². The van der Waals surface area contributed by atoms with E-state index in [0.717, 1.165) is 12.0 Å². The predicted octanol–water partition coefficient (Wildman–Crippen LogP) is 5.88. The lowest BCUT2D eigenvalue weighted by Gasteiger charge is -2.23. The van der Waals surface area contributed by atoms with Gasteiger partial charge in [-0.25, -0.2) is 0 Å². The molecule has 0 bridgehead atoms. The van der Waals surface area contributed by atoms with Gasteiger partial charge in [-0.05, 0) is 54.2 Å². The molecule has 33 heavy (non-hydrogen) atoms. The summed E-state index contributed by atoms with van der Waals surface area (Å²) in [5.41, 5.74) is 3.18. The molecule has 0 saturated carbocycles. The van der Waals surface area contributed by atoms with Crippen LogP contribution in [0.1, 0.15) is 61.6 Å². The first kappa shape index (κ1) is 24.1. The van der Waals surface area contributed by atoms with Crippen molar-refractivity contribution in [3.8, 4) is 5.75 Å². The third kappa shape index (κ3) is 6.45. The Kier molecular flexibility index (Phi) is 7.88. The molecule has 0 heterocycles. The van der Waals surface area contributed by atoms with E-state index in [4.69, 9.17) is 4.74 Å². The molecule has 0 aromatic heterocycles. The molecular weight excluding hydrogens is 412 g/mol. The maximum atomic E-state index is 12.9. The molecule has 0 radical (unpaired) electrons. The van der Waals surface area contributed by atoms with E-state index in [1.165, 1.54) is 5.56 Å². The van der Waals surface area contributed by atoms with Crippen molar-refractivity contribution >= 4 is 17.5 Å². The van der Waals surface area contributed by atoms with Gasteiger partial charge >= 0.3 is 0 Å². The second-order valence-corrected chi connectivity index (χ2v) is 8.75. The summed E-state index contributed by atoms with van der Waals surface area (Å²) in [7, 11) is 0. The lowest BCUT2D eigenvalue weighted by Crippen LogP contribution is -2.28. The van der Waals surface area contributed by atoms with Gasteiger partial charge in [-0.3, -0.25) is 9.59 Å². The fraction of sp³-hybridized carbons (Fsp3) is 0.286. The Morgan fingerprint density at radius 2 is 1.55 bits per heavy atom. The van der Waals surface area contributed by atoms with Gasteiger partial charge in [0.25, 0.3) is 11.8 Å². The van der Waals surface area contributed by atoms with Crippen LogP contribution in [-0.4, -0.2) is 18.4 Å². The van der Waals surface area contributed by atoms with E-state index in [1.807, 2.05) is 61.5 Å². The van der Waals surface area contributed by atoms with Gasteiger partial charge in [-0.1, -0.05) is 75.4 Å². The van der Waals surface area contributed by atoms with Gasteiger partial charge in [0.15, 0.2) is 6.61 Å². The summed E-state index contributed by atoms with van der Waals surface area (Å²) in [6, 6.07) is 24.4. The summed E-state index contributed by atoms with van der Waals surface area (Å²) in [4.78, 5) is 25.4. The second-order valence-electron chi connectivity index (χ2n) is 8.75. The first-order valence-corrected chi connectivity index (χ1v) is 11.3. The minimum absolute atomic E-state index is 0.0954. The SMILES string of the molecule is CCC(C)(C)c1ccc(OCC(=O)Nc2ccccc2C(=O)NC(C)c2ccccc2)cc1. The Balaban J connectivity index is 1.60. The number of benzene rings is 3. The van der Waals surface area contributed by atoms with Gasteiger partial charge in [0.05, 0.1) is 17.3 Å². The van der Waals surface area contributed by atoms with Crippen molar-refractivity contribution in [3.63, 3.8) is 0 Å². The highest BCUT2D eigenvalue weighted by Crippen LogP contribution is 2.28. The molecule has 2 amide bonds. The molecule has 5 heteroatoms. The Morgan fingerprint density at radius 3 is 2.21 bits per heavy atom. The van der Waals surface area contributed by atoms with Crippen molar-refractivity contribution in [2.45, 2.75) is 45.6 Å². The van der Waals surface area contributed by atoms with E-state index in [2.05, 4.69) is 31.4 Å². The Bertz CT molecular complexity index is 1080.